The Kier molecular flexibility index (Phi) is 3.32. The van der Waals surface area contributed by atoms with Crippen LogP contribution in [0.1, 0.15) is 33.1 Å². The van der Waals surface area contributed by atoms with E-state index in [2.05, 4.69) is 6.92 Å². The minimum Gasteiger partial charge on any atom is -0.463 e. The van der Waals surface area contributed by atoms with Crippen LogP contribution in [0.25, 0.3) is 0 Å². The van der Waals surface area contributed by atoms with Gasteiger partial charge < -0.3 is 4.74 Å². The summed E-state index contributed by atoms with van der Waals surface area (Å²) in [4.78, 5) is 11.0. The second-order valence-electron chi connectivity index (χ2n) is 3.40. The molecule has 12 heavy (non-hydrogen) atoms. The maximum absolute atomic E-state index is 11.0. The molecular formula is C10H16O2. The van der Waals surface area contributed by atoms with Crippen molar-refractivity contribution in [2.24, 2.45) is 5.92 Å². The zero-order chi connectivity index (χ0) is 8.97. The summed E-state index contributed by atoms with van der Waals surface area (Å²) in [7, 11) is 0. The van der Waals surface area contributed by atoms with E-state index in [0.717, 1.165) is 18.8 Å². The Hall–Kier alpha value is -0.790. The first-order valence-corrected chi connectivity index (χ1v) is 4.58. The molecule has 68 valence electrons. The third-order valence-corrected chi connectivity index (χ3v) is 2.18. The average molecular weight is 168 g/mol. The fourth-order valence-electron chi connectivity index (χ4n) is 1.57. The Morgan fingerprint density at radius 2 is 2.50 bits per heavy atom. The standard InChI is InChI=1S/C10H16O2/c1-3-12-10(11)7-9-5-4-8(2)6-9/h7-8H,3-6H2,1-2H3/b9-7+/t8-/m1/s1. The highest BCUT2D eigenvalue weighted by molar-refractivity contribution is 5.82. The van der Waals surface area contributed by atoms with Crippen molar-refractivity contribution in [3.8, 4) is 0 Å². The summed E-state index contributed by atoms with van der Waals surface area (Å²) in [6.45, 7) is 4.51. The van der Waals surface area contributed by atoms with Gasteiger partial charge in [-0.15, -0.1) is 0 Å². The zero-order valence-corrected chi connectivity index (χ0v) is 7.80. The fraction of sp³-hybridized carbons (Fsp3) is 0.700. The van der Waals surface area contributed by atoms with Crippen LogP contribution in [0.15, 0.2) is 11.6 Å². The number of hydrogen-bond donors (Lipinski definition) is 0. The Bertz CT molecular complexity index is 194. The predicted molar refractivity (Wildman–Crippen MR) is 47.7 cm³/mol. The summed E-state index contributed by atoms with van der Waals surface area (Å²) < 4.78 is 4.82. The van der Waals surface area contributed by atoms with E-state index in [0.29, 0.717) is 6.61 Å². The molecule has 0 unspecified atom stereocenters. The van der Waals surface area contributed by atoms with Crippen molar-refractivity contribution >= 4 is 5.97 Å². The molecule has 2 heteroatoms. The molecule has 0 amide bonds. The lowest BCUT2D eigenvalue weighted by Crippen LogP contribution is -2.00. The largest absolute Gasteiger partial charge is 0.463 e. The van der Waals surface area contributed by atoms with Crippen LogP contribution in [0.4, 0.5) is 0 Å². The molecule has 1 aliphatic carbocycles. The van der Waals surface area contributed by atoms with Gasteiger partial charge >= 0.3 is 5.97 Å². The molecule has 1 fully saturated rings. The van der Waals surface area contributed by atoms with Crippen molar-refractivity contribution in [2.75, 3.05) is 6.61 Å². The Labute approximate surface area is 73.6 Å². The van der Waals surface area contributed by atoms with Crippen molar-refractivity contribution in [2.45, 2.75) is 33.1 Å². The van der Waals surface area contributed by atoms with Gasteiger partial charge in [-0.05, 0) is 32.1 Å². The van der Waals surface area contributed by atoms with Crippen LogP contribution in [0.2, 0.25) is 0 Å². The first kappa shape index (κ1) is 9.30. The molecule has 0 aliphatic heterocycles. The molecule has 0 spiro atoms. The minimum absolute atomic E-state index is 0.179. The van der Waals surface area contributed by atoms with E-state index in [-0.39, 0.29) is 5.97 Å². The third-order valence-electron chi connectivity index (χ3n) is 2.18. The monoisotopic (exact) mass is 168 g/mol. The molecule has 1 saturated carbocycles. The van der Waals surface area contributed by atoms with Gasteiger partial charge in [0.05, 0.1) is 6.61 Å². The summed E-state index contributed by atoms with van der Waals surface area (Å²) in [6.07, 6.45) is 5.01. The molecule has 0 heterocycles. The van der Waals surface area contributed by atoms with Crippen molar-refractivity contribution in [3.05, 3.63) is 11.6 Å². The van der Waals surface area contributed by atoms with Crippen molar-refractivity contribution in [1.29, 1.82) is 0 Å². The maximum Gasteiger partial charge on any atom is 0.330 e. The molecule has 0 bridgehead atoms. The molecule has 0 aromatic heterocycles. The molecule has 0 radical (unpaired) electrons. The molecule has 0 N–H and O–H groups in total. The first-order chi connectivity index (χ1) is 5.72. The van der Waals surface area contributed by atoms with Crippen molar-refractivity contribution < 1.29 is 9.53 Å². The zero-order valence-electron chi connectivity index (χ0n) is 7.80. The normalized spacial score (nSPS) is 26.2. The molecule has 1 aliphatic rings. The van der Waals surface area contributed by atoms with Crippen LogP contribution in [-0.4, -0.2) is 12.6 Å². The smallest absolute Gasteiger partial charge is 0.330 e. The molecule has 2 nitrogen and oxygen atoms in total. The molecule has 1 rings (SSSR count). The highest BCUT2D eigenvalue weighted by Gasteiger charge is 2.15. The summed E-state index contributed by atoms with van der Waals surface area (Å²) in [5, 5.41) is 0. The van der Waals surface area contributed by atoms with E-state index in [1.165, 1.54) is 12.0 Å². The molecule has 0 saturated heterocycles. The van der Waals surface area contributed by atoms with Crippen molar-refractivity contribution in [1.82, 2.24) is 0 Å². The van der Waals surface area contributed by atoms with Crippen molar-refractivity contribution in [3.63, 3.8) is 0 Å². The van der Waals surface area contributed by atoms with Gasteiger partial charge in [-0.2, -0.15) is 0 Å². The molecule has 1 atom stereocenters. The molecular weight excluding hydrogens is 152 g/mol. The third kappa shape index (κ3) is 2.68. The summed E-state index contributed by atoms with van der Waals surface area (Å²) in [5.41, 5.74) is 1.25. The number of hydrogen-bond acceptors (Lipinski definition) is 2. The number of rotatable bonds is 2. The van der Waals surface area contributed by atoms with Crippen LogP contribution >= 0.6 is 0 Å². The lowest BCUT2D eigenvalue weighted by Gasteiger charge is -1.98. The second kappa shape index (κ2) is 4.29. The minimum atomic E-state index is -0.179. The second-order valence-corrected chi connectivity index (χ2v) is 3.40. The Morgan fingerprint density at radius 3 is 3.00 bits per heavy atom. The number of ether oxygens (including phenoxy) is 1. The molecule has 0 aromatic rings. The fourth-order valence-corrected chi connectivity index (χ4v) is 1.57. The van der Waals surface area contributed by atoms with E-state index in [1.54, 1.807) is 6.08 Å². The van der Waals surface area contributed by atoms with Gasteiger partial charge in [0.2, 0.25) is 0 Å². The van der Waals surface area contributed by atoms with Crippen LogP contribution < -0.4 is 0 Å². The van der Waals surface area contributed by atoms with Gasteiger partial charge in [-0.3, -0.25) is 0 Å². The number of esters is 1. The van der Waals surface area contributed by atoms with E-state index in [1.807, 2.05) is 6.92 Å². The number of carbonyl (C=O) groups is 1. The lowest BCUT2D eigenvalue weighted by atomic mass is 10.1. The SMILES string of the molecule is CCOC(=O)/C=C1\CC[C@@H](C)C1. The van der Waals surface area contributed by atoms with Gasteiger partial charge in [0, 0.05) is 6.08 Å². The topological polar surface area (TPSA) is 26.3 Å². The highest BCUT2D eigenvalue weighted by atomic mass is 16.5. The quantitative estimate of drug-likeness (QED) is 0.467. The molecule has 0 aromatic carbocycles. The lowest BCUT2D eigenvalue weighted by molar-refractivity contribution is -0.137. The average Bonchev–Trinajstić information content (AvgIpc) is 2.36. The van der Waals surface area contributed by atoms with Crippen LogP contribution in [0, 0.1) is 5.92 Å². The maximum atomic E-state index is 11.0. The summed E-state index contributed by atoms with van der Waals surface area (Å²) >= 11 is 0. The van der Waals surface area contributed by atoms with E-state index < -0.39 is 0 Å². The van der Waals surface area contributed by atoms with Crippen LogP contribution in [0.5, 0.6) is 0 Å². The number of allylic oxidation sites excluding steroid dienone is 1. The number of carbonyl (C=O) groups excluding carboxylic acids is 1. The van der Waals surface area contributed by atoms with Gasteiger partial charge in [0.15, 0.2) is 0 Å². The van der Waals surface area contributed by atoms with E-state index in [4.69, 9.17) is 4.74 Å². The van der Waals surface area contributed by atoms with Gasteiger partial charge in [0.1, 0.15) is 0 Å². The van der Waals surface area contributed by atoms with E-state index >= 15 is 0 Å². The first-order valence-electron chi connectivity index (χ1n) is 4.58. The van der Waals surface area contributed by atoms with Crippen LogP contribution in [-0.2, 0) is 9.53 Å². The van der Waals surface area contributed by atoms with E-state index in [9.17, 15) is 4.79 Å². The highest BCUT2D eigenvalue weighted by Crippen LogP contribution is 2.29. The van der Waals surface area contributed by atoms with Gasteiger partial charge in [-0.25, -0.2) is 4.79 Å². The predicted octanol–water partition coefficient (Wildman–Crippen LogP) is 2.30. The van der Waals surface area contributed by atoms with Gasteiger partial charge in [0.25, 0.3) is 0 Å². The summed E-state index contributed by atoms with van der Waals surface area (Å²) in [5.74, 6) is 0.562. The Balaban J connectivity index is 2.41. The van der Waals surface area contributed by atoms with Crippen LogP contribution in [0.3, 0.4) is 0 Å². The Morgan fingerprint density at radius 1 is 1.75 bits per heavy atom. The summed E-state index contributed by atoms with van der Waals surface area (Å²) in [6, 6.07) is 0. The van der Waals surface area contributed by atoms with Gasteiger partial charge in [-0.1, -0.05) is 12.5 Å².